The number of nitrogens with one attached hydrogen (secondary N) is 3. The average Bonchev–Trinajstić information content (AvgIpc) is 2.77. The number of benzene rings is 1. The quantitative estimate of drug-likeness (QED) is 0.656. The smallest absolute Gasteiger partial charge is 0.255 e. The fraction of sp³-hybridized carbons (Fsp3) is 0.333. The Morgan fingerprint density at radius 2 is 2.10 bits per heavy atom. The highest BCUT2D eigenvalue weighted by atomic mass is 35.5. The number of fused-ring (bicyclic) bond motifs is 1. The molecule has 1 aliphatic rings. The van der Waals surface area contributed by atoms with Crippen molar-refractivity contribution < 1.29 is 19.1 Å². The molecule has 0 saturated carbocycles. The van der Waals surface area contributed by atoms with Gasteiger partial charge < -0.3 is 25.6 Å². The second kappa shape index (κ2) is 11.2. The minimum Gasteiger partial charge on any atom is -0.491 e. The van der Waals surface area contributed by atoms with E-state index >= 15 is 0 Å². The zero-order chi connectivity index (χ0) is 22.1. The van der Waals surface area contributed by atoms with Crippen molar-refractivity contribution in [1.82, 2.24) is 20.5 Å². The molecule has 1 aromatic heterocycles. The van der Waals surface area contributed by atoms with Crippen LogP contribution < -0.4 is 20.7 Å². The lowest BCUT2D eigenvalue weighted by Crippen LogP contribution is -2.45. The zero-order valence-corrected chi connectivity index (χ0v) is 17.7. The molecule has 31 heavy (non-hydrogen) atoms. The summed E-state index contributed by atoms with van der Waals surface area (Å²) in [4.78, 5) is 43.0. The standard InChI is InChI=1S/C21H24ClN5O4/c22-15-4-5-18-17(11-15)21(30)25-7-2-9-27(14-19(28)24-8-10-31-18)20(29)13-26-16-3-1-6-23-12-16/h1,3-6,11-12,26H,2,7-10,13-14H2,(H,24,28)(H,25,30). The van der Waals surface area contributed by atoms with Crippen molar-refractivity contribution in [3.8, 4) is 5.75 Å². The summed E-state index contributed by atoms with van der Waals surface area (Å²) in [5, 5.41) is 8.96. The number of carbonyl (C=O) groups is 3. The largest absolute Gasteiger partial charge is 0.491 e. The van der Waals surface area contributed by atoms with Gasteiger partial charge in [0.15, 0.2) is 0 Å². The summed E-state index contributed by atoms with van der Waals surface area (Å²) in [6, 6.07) is 8.36. The highest BCUT2D eigenvalue weighted by Crippen LogP contribution is 2.23. The monoisotopic (exact) mass is 445 g/mol. The summed E-state index contributed by atoms with van der Waals surface area (Å²) in [7, 11) is 0. The van der Waals surface area contributed by atoms with E-state index in [0.29, 0.717) is 41.5 Å². The van der Waals surface area contributed by atoms with Crippen molar-refractivity contribution >= 4 is 35.0 Å². The third-order valence-electron chi connectivity index (χ3n) is 4.55. The molecule has 2 heterocycles. The Morgan fingerprint density at radius 1 is 1.23 bits per heavy atom. The fourth-order valence-electron chi connectivity index (χ4n) is 3.00. The predicted molar refractivity (Wildman–Crippen MR) is 116 cm³/mol. The molecular weight excluding hydrogens is 422 g/mol. The van der Waals surface area contributed by atoms with Gasteiger partial charge in [0, 0.05) is 30.5 Å². The first-order valence-corrected chi connectivity index (χ1v) is 10.3. The molecule has 9 nitrogen and oxygen atoms in total. The van der Waals surface area contributed by atoms with E-state index in [-0.39, 0.29) is 44.0 Å². The minimum absolute atomic E-state index is 0.0281. The maximum absolute atomic E-state index is 12.7. The van der Waals surface area contributed by atoms with E-state index in [0.717, 1.165) is 0 Å². The van der Waals surface area contributed by atoms with Crippen LogP contribution in [0.2, 0.25) is 5.02 Å². The van der Waals surface area contributed by atoms with E-state index in [2.05, 4.69) is 20.9 Å². The number of hydrogen-bond acceptors (Lipinski definition) is 6. The van der Waals surface area contributed by atoms with Gasteiger partial charge >= 0.3 is 0 Å². The molecule has 164 valence electrons. The van der Waals surface area contributed by atoms with Gasteiger partial charge in [-0.25, -0.2) is 0 Å². The van der Waals surface area contributed by atoms with Crippen LogP contribution >= 0.6 is 11.6 Å². The first-order chi connectivity index (χ1) is 15.0. The molecule has 0 unspecified atom stereocenters. The molecular formula is C21H24ClN5O4. The van der Waals surface area contributed by atoms with E-state index in [4.69, 9.17) is 16.3 Å². The van der Waals surface area contributed by atoms with Crippen LogP contribution in [0, 0.1) is 0 Å². The summed E-state index contributed by atoms with van der Waals surface area (Å²) < 4.78 is 5.64. The molecule has 0 atom stereocenters. The topological polar surface area (TPSA) is 113 Å². The van der Waals surface area contributed by atoms with Gasteiger partial charge in [-0.05, 0) is 36.8 Å². The number of carbonyl (C=O) groups excluding carboxylic acids is 3. The van der Waals surface area contributed by atoms with Crippen molar-refractivity contribution in [3.63, 3.8) is 0 Å². The Kier molecular flexibility index (Phi) is 8.05. The Balaban J connectivity index is 1.63. The lowest BCUT2D eigenvalue weighted by atomic mass is 10.2. The van der Waals surface area contributed by atoms with E-state index in [1.807, 2.05) is 0 Å². The summed E-state index contributed by atoms with van der Waals surface area (Å²) >= 11 is 6.02. The third kappa shape index (κ3) is 6.85. The lowest BCUT2D eigenvalue weighted by molar-refractivity contribution is -0.134. The number of rotatable bonds is 3. The molecule has 0 fully saturated rings. The molecule has 3 amide bonds. The minimum atomic E-state index is -0.310. The third-order valence-corrected chi connectivity index (χ3v) is 4.79. The van der Waals surface area contributed by atoms with Gasteiger partial charge in [0.05, 0.1) is 30.9 Å². The van der Waals surface area contributed by atoms with Gasteiger partial charge in [0.2, 0.25) is 11.8 Å². The first kappa shape index (κ1) is 22.4. The summed E-state index contributed by atoms with van der Waals surface area (Å²) in [5.74, 6) is -0.428. The van der Waals surface area contributed by atoms with Crippen molar-refractivity contribution in [2.75, 3.05) is 44.6 Å². The van der Waals surface area contributed by atoms with Crippen molar-refractivity contribution in [2.45, 2.75) is 6.42 Å². The second-order valence-electron chi connectivity index (χ2n) is 6.86. The number of amides is 3. The van der Waals surface area contributed by atoms with Gasteiger partial charge in [0.1, 0.15) is 12.4 Å². The molecule has 3 N–H and O–H groups in total. The Hall–Kier alpha value is -3.33. The first-order valence-electron chi connectivity index (χ1n) is 9.92. The van der Waals surface area contributed by atoms with E-state index in [1.165, 1.54) is 11.0 Å². The van der Waals surface area contributed by atoms with Crippen LogP contribution in [-0.4, -0.2) is 66.9 Å². The average molecular weight is 446 g/mol. The molecule has 2 aromatic rings. The summed E-state index contributed by atoms with van der Waals surface area (Å²) in [6.07, 6.45) is 3.74. The zero-order valence-electron chi connectivity index (χ0n) is 16.9. The molecule has 1 aromatic carbocycles. The molecule has 10 heteroatoms. The van der Waals surface area contributed by atoms with Gasteiger partial charge in [-0.15, -0.1) is 0 Å². The van der Waals surface area contributed by atoms with Crippen LogP contribution in [0.15, 0.2) is 42.7 Å². The Labute approximate surface area is 185 Å². The highest BCUT2D eigenvalue weighted by Gasteiger charge is 2.19. The molecule has 0 aliphatic carbocycles. The van der Waals surface area contributed by atoms with Gasteiger partial charge in [0.25, 0.3) is 5.91 Å². The normalized spacial score (nSPS) is 15.6. The van der Waals surface area contributed by atoms with E-state index in [1.54, 1.807) is 36.7 Å². The van der Waals surface area contributed by atoms with Crippen LogP contribution in [-0.2, 0) is 9.59 Å². The van der Waals surface area contributed by atoms with Gasteiger partial charge in [-0.1, -0.05) is 11.6 Å². The van der Waals surface area contributed by atoms with Crippen molar-refractivity contribution in [2.24, 2.45) is 0 Å². The van der Waals surface area contributed by atoms with E-state index in [9.17, 15) is 14.4 Å². The molecule has 0 bridgehead atoms. The SMILES string of the molecule is O=C1CN(C(=O)CNc2cccnc2)CCCNC(=O)c2cc(Cl)ccc2OCCN1. The number of halogens is 1. The van der Waals surface area contributed by atoms with Crippen LogP contribution in [0.5, 0.6) is 5.75 Å². The summed E-state index contributed by atoms with van der Waals surface area (Å²) in [6.45, 7) is 1.00. The van der Waals surface area contributed by atoms with Crippen molar-refractivity contribution in [1.29, 1.82) is 0 Å². The second-order valence-corrected chi connectivity index (χ2v) is 7.30. The molecule has 0 spiro atoms. The molecule has 0 saturated heterocycles. The van der Waals surface area contributed by atoms with E-state index < -0.39 is 0 Å². The molecule has 3 rings (SSSR count). The maximum Gasteiger partial charge on any atom is 0.255 e. The van der Waals surface area contributed by atoms with Gasteiger partial charge in [-0.2, -0.15) is 0 Å². The maximum atomic E-state index is 12.7. The number of pyridine rings is 1. The number of ether oxygens (including phenoxy) is 1. The Bertz CT molecular complexity index is 925. The van der Waals surface area contributed by atoms with Crippen molar-refractivity contribution in [3.05, 3.63) is 53.3 Å². The number of hydrogen-bond donors (Lipinski definition) is 3. The number of nitrogens with zero attached hydrogens (tertiary/aromatic N) is 2. The predicted octanol–water partition coefficient (Wildman–Crippen LogP) is 1.30. The molecule has 1 aliphatic heterocycles. The van der Waals surface area contributed by atoms with Crippen LogP contribution in [0.25, 0.3) is 0 Å². The van der Waals surface area contributed by atoms with Crippen LogP contribution in [0.1, 0.15) is 16.8 Å². The number of aromatic nitrogens is 1. The fourth-order valence-corrected chi connectivity index (χ4v) is 3.17. The number of anilines is 1. The van der Waals surface area contributed by atoms with Crippen LogP contribution in [0.3, 0.4) is 0 Å². The Morgan fingerprint density at radius 3 is 2.90 bits per heavy atom. The highest BCUT2D eigenvalue weighted by molar-refractivity contribution is 6.31. The van der Waals surface area contributed by atoms with Crippen LogP contribution in [0.4, 0.5) is 5.69 Å². The van der Waals surface area contributed by atoms with Gasteiger partial charge in [-0.3, -0.25) is 19.4 Å². The lowest BCUT2D eigenvalue weighted by Gasteiger charge is -2.23. The summed E-state index contributed by atoms with van der Waals surface area (Å²) in [5.41, 5.74) is 1.04. The molecule has 0 radical (unpaired) electrons.